The van der Waals surface area contributed by atoms with Crippen LogP contribution < -0.4 is 49.2 Å². The molecule has 10 N–H and O–H groups in total. The Hall–Kier alpha value is -8.22. The third-order valence-corrected chi connectivity index (χ3v) is 9.65. The molecule has 1 atom stereocenters. The van der Waals surface area contributed by atoms with Crippen LogP contribution in [0.25, 0.3) is 0 Å². The highest BCUT2D eigenvalue weighted by Crippen LogP contribution is 2.14. The van der Waals surface area contributed by atoms with E-state index in [4.69, 9.17) is 5.73 Å². The van der Waals surface area contributed by atoms with Crippen molar-refractivity contribution in [3.63, 3.8) is 0 Å². The minimum atomic E-state index is -1.30. The van der Waals surface area contributed by atoms with Crippen molar-refractivity contribution in [3.8, 4) is 0 Å². The number of pyridine rings is 4. The quantitative estimate of drug-likeness (QED) is 0.0708. The molecule has 0 saturated heterocycles. The van der Waals surface area contributed by atoms with Crippen molar-refractivity contribution in [1.29, 1.82) is 0 Å². The van der Waals surface area contributed by atoms with Crippen molar-refractivity contribution in [2.24, 2.45) is 5.73 Å². The first-order valence-corrected chi connectivity index (χ1v) is 19.3. The summed E-state index contributed by atoms with van der Waals surface area (Å²) < 4.78 is -0.126. The maximum atomic E-state index is 14.1. The van der Waals surface area contributed by atoms with Crippen molar-refractivity contribution in [1.82, 2.24) is 50.2 Å². The monoisotopic (exact) mass is 877 g/mol. The normalized spacial score (nSPS) is 15.9. The fraction of sp³-hybridized carbons (Fsp3) is 0.316. The molecule has 25 heteroatoms. The first kappa shape index (κ1) is 45.9. The fourth-order valence-corrected chi connectivity index (χ4v) is 6.34. The van der Waals surface area contributed by atoms with E-state index < -0.39 is 111 Å². The Kier molecular flexibility index (Phi) is 14.8. The highest BCUT2D eigenvalue weighted by atomic mass is 16.5. The van der Waals surface area contributed by atoms with E-state index in [0.29, 0.717) is 19.4 Å². The van der Waals surface area contributed by atoms with Gasteiger partial charge in [-0.05, 0) is 68.6 Å². The summed E-state index contributed by atoms with van der Waals surface area (Å²) in [5.41, 5.74) is -2.81. The number of fused-ring (bicyclic) bond motifs is 2. The molecule has 6 amide bonds. The van der Waals surface area contributed by atoms with E-state index in [9.17, 15) is 68.8 Å². The van der Waals surface area contributed by atoms with Gasteiger partial charge in [0.2, 0.25) is 0 Å². The second-order valence-electron chi connectivity index (χ2n) is 13.9. The molecule has 0 aliphatic carbocycles. The van der Waals surface area contributed by atoms with Gasteiger partial charge >= 0.3 is 0 Å². The Labute approximate surface area is 354 Å². The first-order chi connectivity index (χ1) is 30.1. The minimum Gasteiger partial charge on any atom is -0.425 e. The van der Waals surface area contributed by atoms with Crippen LogP contribution in [0.2, 0.25) is 0 Å². The molecule has 0 spiro atoms. The number of carbonyl (C=O) groups excluding carboxylic acids is 6. The largest absolute Gasteiger partial charge is 0.425 e. The van der Waals surface area contributed by atoms with Crippen LogP contribution in [0.4, 0.5) is 0 Å². The number of aromatic nitrogens is 4. The number of unbranched alkanes of at least 4 members (excludes halogenated alkanes) is 1. The molecule has 0 fully saturated rings. The summed E-state index contributed by atoms with van der Waals surface area (Å²) in [7, 11) is 0. The highest BCUT2D eigenvalue weighted by Gasteiger charge is 2.32. The summed E-state index contributed by atoms with van der Waals surface area (Å²) in [5.74, 6) is -6.41. The number of rotatable bonds is 6. The predicted molar refractivity (Wildman–Crippen MR) is 214 cm³/mol. The summed E-state index contributed by atoms with van der Waals surface area (Å²) in [6.45, 7) is -1.65. The lowest BCUT2D eigenvalue weighted by Gasteiger charge is -2.35. The zero-order chi connectivity index (χ0) is 46.0. The number of nitrogens with one attached hydrogen (secondary N) is 4. The number of nitrogens with zero attached hydrogens (tertiary/aromatic N) is 6. The molecule has 0 unspecified atom stereocenters. The number of nitrogens with two attached hydrogens (primary N) is 1. The topological polar surface area (TPSA) is 352 Å². The van der Waals surface area contributed by atoms with Gasteiger partial charge in [0.1, 0.15) is 22.5 Å². The number of amides is 6. The number of hydrogen-bond donors (Lipinski definition) is 9. The van der Waals surface area contributed by atoms with E-state index in [2.05, 4.69) is 21.3 Å². The van der Waals surface area contributed by atoms with Crippen molar-refractivity contribution in [2.75, 3.05) is 39.3 Å². The Morgan fingerprint density at radius 1 is 0.571 bits per heavy atom. The van der Waals surface area contributed by atoms with Crippen molar-refractivity contribution in [2.45, 2.75) is 38.1 Å². The van der Waals surface area contributed by atoms with Gasteiger partial charge in [-0.3, -0.25) is 47.9 Å². The van der Waals surface area contributed by atoms with Gasteiger partial charge in [0.25, 0.3) is 57.7 Å². The van der Waals surface area contributed by atoms with Gasteiger partial charge in [-0.2, -0.15) is 0 Å². The lowest BCUT2D eigenvalue weighted by atomic mass is 10.1. The second kappa shape index (κ2) is 20.4. The van der Waals surface area contributed by atoms with Crippen LogP contribution in [0.15, 0.2) is 79.8 Å². The standard InChI is InChI=1S/C38H43N11O14/c39-16-2-1-7-22-21-42-33(54)25-14-12-23(35(56)48(25)62)31(52)40-17-5-19-44(37(58)27-8-3-10-29(50)46(27)60)45(38(59)28-9-4-11-30(51)47(28)61)20-6-18-41-32(53)24-13-15-26(34(55)43-22)49(63)36(24)57/h3-4,8-15,22,60-63H,1-2,5-7,16-21,39H2,(H,40,52)(H,41,53)(H,42,54)(H,43,55)/t22-/m0/s1. The molecular weight excluding hydrogens is 834 g/mol. The smallest absolute Gasteiger partial charge is 0.296 e. The van der Waals surface area contributed by atoms with E-state index in [1.165, 1.54) is 0 Å². The average Bonchev–Trinajstić information content (AvgIpc) is 3.25. The Morgan fingerprint density at radius 2 is 1.03 bits per heavy atom. The molecular formula is C38H43N11O14. The molecule has 4 aromatic heterocycles. The number of carbonyl (C=O) groups is 6. The predicted octanol–water partition coefficient (Wildman–Crippen LogP) is -2.61. The van der Waals surface area contributed by atoms with Crippen LogP contribution in [0, 0.1) is 0 Å². The van der Waals surface area contributed by atoms with E-state index in [-0.39, 0.29) is 57.8 Å². The highest BCUT2D eigenvalue weighted by molar-refractivity contribution is 5.99. The lowest BCUT2D eigenvalue weighted by molar-refractivity contribution is -0.00925. The van der Waals surface area contributed by atoms with E-state index in [1.807, 2.05) is 0 Å². The molecule has 7 heterocycles. The van der Waals surface area contributed by atoms with Crippen LogP contribution in [0.3, 0.4) is 0 Å². The van der Waals surface area contributed by atoms with Crippen LogP contribution in [0.5, 0.6) is 0 Å². The Morgan fingerprint density at radius 3 is 1.49 bits per heavy atom. The fourth-order valence-electron chi connectivity index (χ4n) is 6.34. The molecule has 334 valence electrons. The van der Waals surface area contributed by atoms with E-state index in [1.54, 1.807) is 0 Å². The van der Waals surface area contributed by atoms with Gasteiger partial charge in [-0.1, -0.05) is 18.6 Å². The molecule has 4 bridgehead atoms. The molecule has 0 radical (unpaired) electrons. The van der Waals surface area contributed by atoms with Gasteiger partial charge in [-0.25, -0.2) is 10.0 Å². The SMILES string of the molecule is NCCCC[C@H]1CNC(=O)c2ccc(c(=O)n2O)C(=O)NCCCN(C(=O)c2cccc(=O)n2O)N(C(=O)c2cccc(=O)n2O)CCCNC(=O)c2ccc(n(O)c2=O)C(=O)N1. The molecule has 0 aromatic carbocycles. The maximum Gasteiger partial charge on any atom is 0.296 e. The Bertz CT molecular complexity index is 2670. The molecule has 7 rings (SSSR count). The van der Waals surface area contributed by atoms with Gasteiger partial charge in [-0.15, -0.1) is 18.9 Å². The summed E-state index contributed by atoms with van der Waals surface area (Å²) >= 11 is 0. The molecule has 3 aliphatic heterocycles. The van der Waals surface area contributed by atoms with E-state index in [0.717, 1.165) is 70.7 Å². The zero-order valence-electron chi connectivity index (χ0n) is 33.3. The van der Waals surface area contributed by atoms with Crippen LogP contribution in [0.1, 0.15) is 94.8 Å². The zero-order valence-corrected chi connectivity index (χ0v) is 33.3. The molecule has 63 heavy (non-hydrogen) atoms. The molecule has 4 aromatic rings. The molecule has 3 aliphatic rings. The lowest BCUT2D eigenvalue weighted by Crippen LogP contribution is -2.53. The van der Waals surface area contributed by atoms with Crippen LogP contribution >= 0.6 is 0 Å². The summed E-state index contributed by atoms with van der Waals surface area (Å²) in [6, 6.07) is 9.28. The summed E-state index contributed by atoms with van der Waals surface area (Å²) in [6.07, 6.45) is 0.781. The first-order valence-electron chi connectivity index (χ1n) is 19.3. The van der Waals surface area contributed by atoms with Crippen molar-refractivity contribution in [3.05, 3.63) is 136 Å². The van der Waals surface area contributed by atoms with E-state index >= 15 is 0 Å². The van der Waals surface area contributed by atoms with Gasteiger partial charge in [0.15, 0.2) is 11.4 Å². The van der Waals surface area contributed by atoms with Crippen molar-refractivity contribution < 1.29 is 49.6 Å². The molecule has 25 nitrogen and oxygen atoms in total. The Balaban J connectivity index is 1.54. The number of hydrazine groups is 1. The summed E-state index contributed by atoms with van der Waals surface area (Å²) in [4.78, 5) is 132. The van der Waals surface area contributed by atoms with Crippen LogP contribution in [-0.2, 0) is 0 Å². The van der Waals surface area contributed by atoms with Crippen molar-refractivity contribution >= 4 is 35.4 Å². The van der Waals surface area contributed by atoms with Gasteiger partial charge < -0.3 is 47.8 Å². The van der Waals surface area contributed by atoms with Gasteiger partial charge in [0.05, 0.1) is 0 Å². The third-order valence-electron chi connectivity index (χ3n) is 9.65. The third kappa shape index (κ3) is 10.4. The molecule has 0 saturated carbocycles. The van der Waals surface area contributed by atoms with Crippen LogP contribution in [-0.4, -0.2) is 131 Å². The number of hydrogen-bond acceptors (Lipinski definition) is 15. The summed E-state index contributed by atoms with van der Waals surface area (Å²) in [5, 5.41) is 53.6. The van der Waals surface area contributed by atoms with Gasteiger partial charge in [0, 0.05) is 50.9 Å². The second-order valence-corrected chi connectivity index (χ2v) is 13.9. The average molecular weight is 878 g/mol. The maximum absolute atomic E-state index is 14.1. The minimum absolute atomic E-state index is 0.00168.